The molecule has 0 bridgehead atoms. The highest BCUT2D eigenvalue weighted by Crippen LogP contribution is 2.18. The maximum Gasteiger partial charge on any atom is 0.317 e. The topological polar surface area (TPSA) is 89.9 Å². The standard InChI is InChI=1S/C12H22N2O4/c1-14(8-2-3-11(16)17)12(18)13-9-4-6-10(15)7-5-9/h9-10,15H,2-8H2,1H3,(H,13,18)(H,16,17). The SMILES string of the molecule is CN(CCCC(=O)O)C(=O)NC1CCC(O)CC1. The van der Waals surface area contributed by atoms with Crippen LogP contribution in [0.15, 0.2) is 0 Å². The normalized spacial score (nSPS) is 23.4. The fraction of sp³-hybridized carbons (Fsp3) is 0.833. The fourth-order valence-electron chi connectivity index (χ4n) is 2.07. The van der Waals surface area contributed by atoms with E-state index < -0.39 is 5.97 Å². The van der Waals surface area contributed by atoms with E-state index in [4.69, 9.17) is 5.11 Å². The van der Waals surface area contributed by atoms with Crippen LogP contribution in [0.2, 0.25) is 0 Å². The zero-order valence-electron chi connectivity index (χ0n) is 10.8. The second-order valence-corrected chi connectivity index (χ2v) is 4.87. The van der Waals surface area contributed by atoms with Crippen LogP contribution < -0.4 is 5.32 Å². The molecule has 6 nitrogen and oxygen atoms in total. The van der Waals surface area contributed by atoms with Crippen LogP contribution in [0.4, 0.5) is 4.79 Å². The van der Waals surface area contributed by atoms with Crippen LogP contribution in [-0.2, 0) is 4.79 Å². The van der Waals surface area contributed by atoms with Gasteiger partial charge < -0.3 is 20.4 Å². The molecule has 1 aliphatic rings. The van der Waals surface area contributed by atoms with Gasteiger partial charge in [-0.1, -0.05) is 0 Å². The number of aliphatic carboxylic acids is 1. The summed E-state index contributed by atoms with van der Waals surface area (Å²) in [5.41, 5.74) is 0. The Hall–Kier alpha value is -1.30. The van der Waals surface area contributed by atoms with Crippen molar-refractivity contribution in [3.63, 3.8) is 0 Å². The van der Waals surface area contributed by atoms with Gasteiger partial charge in [0.15, 0.2) is 0 Å². The average molecular weight is 258 g/mol. The first-order valence-corrected chi connectivity index (χ1v) is 6.40. The predicted octanol–water partition coefficient (Wildman–Crippen LogP) is 0.796. The maximum atomic E-state index is 11.8. The van der Waals surface area contributed by atoms with Crippen molar-refractivity contribution in [2.45, 2.75) is 50.7 Å². The van der Waals surface area contributed by atoms with Crippen LogP contribution in [-0.4, -0.2) is 52.9 Å². The summed E-state index contributed by atoms with van der Waals surface area (Å²) in [4.78, 5) is 23.6. The summed E-state index contributed by atoms with van der Waals surface area (Å²) in [6.45, 7) is 0.438. The van der Waals surface area contributed by atoms with Gasteiger partial charge in [0.25, 0.3) is 0 Å². The van der Waals surface area contributed by atoms with E-state index >= 15 is 0 Å². The Balaban J connectivity index is 2.20. The van der Waals surface area contributed by atoms with Crippen molar-refractivity contribution in [3.8, 4) is 0 Å². The number of aliphatic hydroxyl groups excluding tert-OH is 1. The van der Waals surface area contributed by atoms with Gasteiger partial charge in [-0.15, -0.1) is 0 Å². The summed E-state index contributed by atoms with van der Waals surface area (Å²) in [5.74, 6) is -0.843. The Morgan fingerprint density at radius 1 is 1.28 bits per heavy atom. The lowest BCUT2D eigenvalue weighted by atomic mass is 9.93. The molecule has 0 saturated heterocycles. The van der Waals surface area contributed by atoms with Crippen LogP contribution in [0, 0.1) is 0 Å². The summed E-state index contributed by atoms with van der Waals surface area (Å²) in [5, 5.41) is 20.8. The zero-order chi connectivity index (χ0) is 13.5. The molecule has 0 atom stereocenters. The molecule has 0 heterocycles. The van der Waals surface area contributed by atoms with Crippen molar-refractivity contribution in [2.75, 3.05) is 13.6 Å². The van der Waals surface area contributed by atoms with Gasteiger partial charge in [0.1, 0.15) is 0 Å². The largest absolute Gasteiger partial charge is 0.481 e. The minimum atomic E-state index is -0.843. The first-order chi connectivity index (χ1) is 8.49. The van der Waals surface area contributed by atoms with Crippen LogP contribution in [0.5, 0.6) is 0 Å². The predicted molar refractivity (Wildman–Crippen MR) is 66.3 cm³/mol. The lowest BCUT2D eigenvalue weighted by Gasteiger charge is -2.28. The lowest BCUT2D eigenvalue weighted by molar-refractivity contribution is -0.137. The lowest BCUT2D eigenvalue weighted by Crippen LogP contribution is -2.45. The molecule has 104 valence electrons. The molecule has 3 N–H and O–H groups in total. The van der Waals surface area contributed by atoms with Gasteiger partial charge in [0.2, 0.25) is 0 Å². The number of carboxylic acids is 1. The Morgan fingerprint density at radius 2 is 1.89 bits per heavy atom. The van der Waals surface area contributed by atoms with E-state index in [1.807, 2.05) is 0 Å². The van der Waals surface area contributed by atoms with Crippen LogP contribution in [0.3, 0.4) is 0 Å². The first-order valence-electron chi connectivity index (χ1n) is 6.40. The Kier molecular flexibility index (Phi) is 5.91. The average Bonchev–Trinajstić information content (AvgIpc) is 2.31. The molecule has 0 aromatic rings. The monoisotopic (exact) mass is 258 g/mol. The molecule has 0 radical (unpaired) electrons. The number of nitrogens with one attached hydrogen (secondary N) is 1. The third-order valence-corrected chi connectivity index (χ3v) is 3.26. The molecular weight excluding hydrogens is 236 g/mol. The van der Waals surface area contributed by atoms with Gasteiger partial charge in [0, 0.05) is 26.1 Å². The summed E-state index contributed by atoms with van der Waals surface area (Å²) in [6, 6.07) is -0.0374. The minimum absolute atomic E-state index is 0.0766. The number of carbonyl (C=O) groups excluding carboxylic acids is 1. The summed E-state index contributed by atoms with van der Waals surface area (Å²) < 4.78 is 0. The smallest absolute Gasteiger partial charge is 0.317 e. The molecule has 1 saturated carbocycles. The second kappa shape index (κ2) is 7.20. The fourth-order valence-corrected chi connectivity index (χ4v) is 2.07. The van der Waals surface area contributed by atoms with Crippen LogP contribution in [0.25, 0.3) is 0 Å². The van der Waals surface area contributed by atoms with Crippen molar-refractivity contribution in [2.24, 2.45) is 0 Å². The van der Waals surface area contributed by atoms with Crippen LogP contribution >= 0.6 is 0 Å². The van der Waals surface area contributed by atoms with Gasteiger partial charge in [0.05, 0.1) is 6.10 Å². The molecule has 0 unspecified atom stereocenters. The number of rotatable bonds is 5. The molecule has 1 rings (SSSR count). The molecule has 6 heteroatoms. The third kappa shape index (κ3) is 5.35. The second-order valence-electron chi connectivity index (χ2n) is 4.87. The minimum Gasteiger partial charge on any atom is -0.481 e. The van der Waals surface area contributed by atoms with E-state index in [2.05, 4.69) is 5.32 Å². The van der Waals surface area contributed by atoms with E-state index in [-0.39, 0.29) is 24.6 Å². The molecule has 18 heavy (non-hydrogen) atoms. The van der Waals surface area contributed by atoms with E-state index in [9.17, 15) is 14.7 Å². The highest BCUT2D eigenvalue weighted by molar-refractivity contribution is 5.74. The maximum absolute atomic E-state index is 11.8. The number of urea groups is 1. The number of amides is 2. The van der Waals surface area contributed by atoms with E-state index in [1.54, 1.807) is 7.05 Å². The number of aliphatic hydroxyl groups is 1. The molecule has 1 fully saturated rings. The number of carbonyl (C=O) groups is 2. The van der Waals surface area contributed by atoms with Gasteiger partial charge >= 0.3 is 12.0 Å². The van der Waals surface area contributed by atoms with Gasteiger partial charge in [-0.25, -0.2) is 4.79 Å². The molecular formula is C12H22N2O4. The van der Waals surface area contributed by atoms with Gasteiger partial charge in [-0.2, -0.15) is 0 Å². The quantitative estimate of drug-likeness (QED) is 0.680. The van der Waals surface area contributed by atoms with E-state index in [1.165, 1.54) is 4.90 Å². The third-order valence-electron chi connectivity index (χ3n) is 3.26. The van der Waals surface area contributed by atoms with E-state index in [0.717, 1.165) is 25.7 Å². The highest BCUT2D eigenvalue weighted by atomic mass is 16.4. The van der Waals surface area contributed by atoms with Crippen molar-refractivity contribution in [3.05, 3.63) is 0 Å². The van der Waals surface area contributed by atoms with Crippen molar-refractivity contribution >= 4 is 12.0 Å². The highest BCUT2D eigenvalue weighted by Gasteiger charge is 2.21. The Labute approximate surface area is 107 Å². The summed E-state index contributed by atoms with van der Waals surface area (Å²) in [6.07, 6.45) is 3.37. The van der Waals surface area contributed by atoms with Crippen molar-refractivity contribution in [1.82, 2.24) is 10.2 Å². The van der Waals surface area contributed by atoms with Gasteiger partial charge in [-0.3, -0.25) is 4.79 Å². The number of carboxylic acid groups (broad SMARTS) is 1. The molecule has 0 aliphatic heterocycles. The van der Waals surface area contributed by atoms with E-state index in [0.29, 0.717) is 13.0 Å². The zero-order valence-corrected chi connectivity index (χ0v) is 10.8. The first kappa shape index (κ1) is 14.8. The van der Waals surface area contributed by atoms with Gasteiger partial charge in [-0.05, 0) is 32.1 Å². The van der Waals surface area contributed by atoms with Crippen molar-refractivity contribution in [1.29, 1.82) is 0 Å². The van der Waals surface area contributed by atoms with Crippen molar-refractivity contribution < 1.29 is 19.8 Å². The number of nitrogens with zero attached hydrogens (tertiary/aromatic N) is 1. The Morgan fingerprint density at radius 3 is 2.44 bits per heavy atom. The Bertz CT molecular complexity index is 288. The summed E-state index contributed by atoms with van der Waals surface area (Å²) >= 11 is 0. The number of hydrogen-bond acceptors (Lipinski definition) is 3. The number of hydrogen-bond donors (Lipinski definition) is 3. The summed E-state index contributed by atoms with van der Waals surface area (Å²) in [7, 11) is 1.66. The van der Waals surface area contributed by atoms with Crippen LogP contribution in [0.1, 0.15) is 38.5 Å². The molecule has 0 spiro atoms. The molecule has 2 amide bonds. The molecule has 0 aromatic heterocycles. The molecule has 0 aromatic carbocycles. The molecule has 1 aliphatic carbocycles.